The number of rotatable bonds is 3. The highest BCUT2D eigenvalue weighted by atomic mass is 79.9. The van der Waals surface area contributed by atoms with E-state index in [1.165, 1.54) is 4.90 Å². The number of hydrogen-bond donors (Lipinski definition) is 1. The smallest absolute Gasteiger partial charge is 0.332 e. The van der Waals surface area contributed by atoms with E-state index in [1.807, 2.05) is 61.5 Å². The van der Waals surface area contributed by atoms with Crippen LogP contribution in [0.3, 0.4) is 0 Å². The fourth-order valence-corrected chi connectivity index (χ4v) is 5.71. The van der Waals surface area contributed by atoms with Crippen LogP contribution in [0.25, 0.3) is 10.9 Å². The summed E-state index contributed by atoms with van der Waals surface area (Å²) in [5.41, 5.74) is 3.14. The van der Waals surface area contributed by atoms with Crippen LogP contribution in [-0.4, -0.2) is 35.5 Å². The third kappa shape index (κ3) is 2.73. The number of urea groups is 1. The molecule has 0 radical (unpaired) electrons. The van der Waals surface area contributed by atoms with Crippen molar-refractivity contribution in [3.8, 4) is 5.75 Å². The summed E-state index contributed by atoms with van der Waals surface area (Å²) in [6.45, 7) is 2.21. The number of anilines is 1. The molecule has 1 unspecified atom stereocenters. The Balaban J connectivity index is 1.60. The molecule has 2 atom stereocenters. The SMILES string of the molecule is COc1ccccc1C1CN2C(=O)N(c3ccc(Br)cc3)C(=O)[C@]2(C)c2[nH]c3ccccc3c21. The summed E-state index contributed by atoms with van der Waals surface area (Å²) in [5, 5.41) is 1.05. The summed E-state index contributed by atoms with van der Waals surface area (Å²) in [6, 6.07) is 22.8. The highest BCUT2D eigenvalue weighted by Gasteiger charge is 2.60. The van der Waals surface area contributed by atoms with E-state index in [-0.39, 0.29) is 17.9 Å². The first-order valence-electron chi connectivity index (χ1n) is 11.1. The van der Waals surface area contributed by atoms with Gasteiger partial charge >= 0.3 is 6.03 Å². The molecule has 6 rings (SSSR count). The van der Waals surface area contributed by atoms with E-state index in [0.717, 1.165) is 37.9 Å². The fraction of sp³-hybridized carbons (Fsp3) is 0.185. The Hall–Kier alpha value is -3.58. The lowest BCUT2D eigenvalue weighted by Crippen LogP contribution is -2.50. The maximum absolute atomic E-state index is 14.0. The molecule has 4 aromatic rings. The molecule has 6 nitrogen and oxygen atoms in total. The number of benzene rings is 3. The van der Waals surface area contributed by atoms with Crippen molar-refractivity contribution in [1.29, 1.82) is 0 Å². The number of amides is 3. The molecule has 0 aliphatic carbocycles. The summed E-state index contributed by atoms with van der Waals surface area (Å²) in [4.78, 5) is 34.2. The van der Waals surface area contributed by atoms with Gasteiger partial charge in [-0.3, -0.25) is 4.79 Å². The fourth-order valence-electron chi connectivity index (χ4n) is 5.44. The standard InChI is InChI=1S/C27H22BrN3O3/c1-27-24-23(19-8-3-5-9-21(19)29-24)20(18-7-4-6-10-22(18)34-2)15-30(27)26(33)31(25(27)32)17-13-11-16(28)12-14-17/h3-14,20,29H,15H2,1-2H3/t20?,27-/m0/s1. The van der Waals surface area contributed by atoms with Crippen molar-refractivity contribution in [1.82, 2.24) is 9.88 Å². The van der Waals surface area contributed by atoms with Crippen molar-refractivity contribution in [2.24, 2.45) is 0 Å². The van der Waals surface area contributed by atoms with E-state index < -0.39 is 5.54 Å². The summed E-state index contributed by atoms with van der Waals surface area (Å²) in [6.07, 6.45) is 0. The number of para-hydroxylation sites is 2. The molecule has 2 aliphatic rings. The summed E-state index contributed by atoms with van der Waals surface area (Å²) < 4.78 is 6.58. The number of nitrogens with one attached hydrogen (secondary N) is 1. The molecule has 34 heavy (non-hydrogen) atoms. The monoisotopic (exact) mass is 515 g/mol. The topological polar surface area (TPSA) is 65.6 Å². The molecule has 3 aromatic carbocycles. The zero-order chi connectivity index (χ0) is 23.6. The second kappa shape index (κ2) is 7.46. The number of nitrogens with zero attached hydrogens (tertiary/aromatic N) is 2. The van der Waals surface area contributed by atoms with E-state index in [4.69, 9.17) is 4.74 Å². The number of aromatic amines is 1. The first kappa shape index (κ1) is 21.0. The third-order valence-corrected chi connectivity index (χ3v) is 7.66. The van der Waals surface area contributed by atoms with Gasteiger partial charge in [0.1, 0.15) is 5.75 Å². The third-order valence-electron chi connectivity index (χ3n) is 7.13. The van der Waals surface area contributed by atoms with Crippen LogP contribution < -0.4 is 9.64 Å². The molecule has 0 spiro atoms. The highest BCUT2D eigenvalue weighted by Crippen LogP contribution is 2.51. The average Bonchev–Trinajstić information content (AvgIpc) is 3.34. The van der Waals surface area contributed by atoms with E-state index in [2.05, 4.69) is 27.0 Å². The minimum Gasteiger partial charge on any atom is -0.496 e. The number of methoxy groups -OCH3 is 1. The first-order chi connectivity index (χ1) is 16.4. The second-order valence-electron chi connectivity index (χ2n) is 8.84. The second-order valence-corrected chi connectivity index (χ2v) is 9.75. The van der Waals surface area contributed by atoms with Gasteiger partial charge in [-0.2, -0.15) is 0 Å². The number of H-pyrrole nitrogens is 1. The van der Waals surface area contributed by atoms with Gasteiger partial charge in [-0.05, 0) is 48.9 Å². The Morgan fingerprint density at radius 1 is 1.00 bits per heavy atom. The molecule has 0 bridgehead atoms. The Bertz CT molecular complexity index is 1460. The molecule has 1 saturated heterocycles. The van der Waals surface area contributed by atoms with Gasteiger partial charge in [-0.1, -0.05) is 52.3 Å². The lowest BCUT2D eigenvalue weighted by molar-refractivity contribution is -0.125. The molecule has 1 fully saturated rings. The molecule has 3 amide bonds. The molecule has 3 heterocycles. The zero-order valence-corrected chi connectivity index (χ0v) is 20.3. The Morgan fingerprint density at radius 3 is 2.47 bits per heavy atom. The Labute approximate surface area is 205 Å². The minimum atomic E-state index is -1.14. The summed E-state index contributed by atoms with van der Waals surface area (Å²) in [7, 11) is 1.65. The predicted octanol–water partition coefficient (Wildman–Crippen LogP) is 5.77. The van der Waals surface area contributed by atoms with Gasteiger partial charge in [0.2, 0.25) is 0 Å². The van der Waals surface area contributed by atoms with Crippen LogP contribution in [0.1, 0.15) is 29.7 Å². The molecule has 170 valence electrons. The molecule has 1 aromatic heterocycles. The highest BCUT2D eigenvalue weighted by molar-refractivity contribution is 9.10. The minimum absolute atomic E-state index is 0.156. The van der Waals surface area contributed by atoms with Crippen LogP contribution in [0.5, 0.6) is 5.75 Å². The number of ether oxygens (including phenoxy) is 1. The van der Waals surface area contributed by atoms with Gasteiger partial charge < -0.3 is 14.6 Å². The van der Waals surface area contributed by atoms with E-state index in [1.54, 1.807) is 24.1 Å². The van der Waals surface area contributed by atoms with Gasteiger partial charge in [0, 0.05) is 33.4 Å². The lowest BCUT2D eigenvalue weighted by Gasteiger charge is -2.40. The zero-order valence-electron chi connectivity index (χ0n) is 18.7. The molecular formula is C27H22BrN3O3. The number of imide groups is 1. The lowest BCUT2D eigenvalue weighted by atomic mass is 9.78. The normalized spacial score (nSPS) is 21.7. The molecule has 0 saturated carbocycles. The molecular weight excluding hydrogens is 494 g/mol. The summed E-state index contributed by atoms with van der Waals surface area (Å²) >= 11 is 3.43. The van der Waals surface area contributed by atoms with Gasteiger partial charge in [0.25, 0.3) is 5.91 Å². The van der Waals surface area contributed by atoms with Gasteiger partial charge in [0.05, 0.1) is 18.5 Å². The van der Waals surface area contributed by atoms with E-state index in [0.29, 0.717) is 12.2 Å². The van der Waals surface area contributed by atoms with Crippen LogP contribution in [0.15, 0.2) is 77.3 Å². The van der Waals surface area contributed by atoms with E-state index in [9.17, 15) is 9.59 Å². The van der Waals surface area contributed by atoms with Crippen molar-refractivity contribution >= 4 is 44.5 Å². The van der Waals surface area contributed by atoms with Crippen LogP contribution in [0.2, 0.25) is 0 Å². The number of carbonyl (C=O) groups is 2. The largest absolute Gasteiger partial charge is 0.496 e. The van der Waals surface area contributed by atoms with E-state index >= 15 is 0 Å². The summed E-state index contributed by atoms with van der Waals surface area (Å²) in [5.74, 6) is 0.346. The van der Waals surface area contributed by atoms with Crippen molar-refractivity contribution in [2.75, 3.05) is 18.6 Å². The van der Waals surface area contributed by atoms with Gasteiger partial charge in [-0.25, -0.2) is 9.69 Å². The van der Waals surface area contributed by atoms with Crippen LogP contribution in [0.4, 0.5) is 10.5 Å². The van der Waals surface area contributed by atoms with Crippen molar-refractivity contribution in [3.63, 3.8) is 0 Å². The van der Waals surface area contributed by atoms with Gasteiger partial charge in [-0.15, -0.1) is 0 Å². The Morgan fingerprint density at radius 2 is 1.71 bits per heavy atom. The predicted molar refractivity (Wildman–Crippen MR) is 134 cm³/mol. The van der Waals surface area contributed by atoms with Crippen LogP contribution >= 0.6 is 15.9 Å². The van der Waals surface area contributed by atoms with Gasteiger partial charge in [0.15, 0.2) is 5.54 Å². The molecule has 7 heteroatoms. The molecule has 2 aliphatic heterocycles. The number of aromatic nitrogens is 1. The quantitative estimate of drug-likeness (QED) is 0.352. The van der Waals surface area contributed by atoms with Crippen molar-refractivity contribution in [3.05, 3.63) is 94.1 Å². The van der Waals surface area contributed by atoms with Crippen LogP contribution in [0, 0.1) is 0 Å². The maximum Gasteiger partial charge on any atom is 0.332 e. The van der Waals surface area contributed by atoms with Crippen LogP contribution in [-0.2, 0) is 10.3 Å². The maximum atomic E-state index is 14.0. The first-order valence-corrected chi connectivity index (χ1v) is 11.9. The number of halogens is 1. The van der Waals surface area contributed by atoms with Crippen molar-refractivity contribution < 1.29 is 14.3 Å². The number of fused-ring (bicyclic) bond motifs is 5. The van der Waals surface area contributed by atoms with Crippen molar-refractivity contribution in [2.45, 2.75) is 18.4 Å². The average molecular weight is 516 g/mol. The molecule has 1 N–H and O–H groups in total. The number of carbonyl (C=O) groups excluding carboxylic acids is 2. The number of hydrogen-bond acceptors (Lipinski definition) is 3. The Kier molecular flexibility index (Phi) is 4.61.